The highest BCUT2D eigenvalue weighted by atomic mass is 127. The Kier molecular flexibility index (Phi) is 11.1. The molecule has 0 radical (unpaired) electrons. The Hall–Kier alpha value is -1.66. The Morgan fingerprint density at radius 1 is 1.21 bits per heavy atom. The Bertz CT molecular complexity index is 825. The molecule has 2 N–H and O–H groups in total. The third-order valence-corrected chi connectivity index (χ3v) is 4.36. The van der Waals surface area contributed by atoms with Crippen molar-refractivity contribution in [1.29, 1.82) is 0 Å². The molecule has 0 bridgehead atoms. The van der Waals surface area contributed by atoms with Crippen molar-refractivity contribution in [2.45, 2.75) is 13.5 Å². The number of oxazole rings is 1. The van der Waals surface area contributed by atoms with Crippen LogP contribution in [-0.2, 0) is 21.1 Å². The minimum Gasteiger partial charge on any atom is -0.444 e. The lowest BCUT2D eigenvalue weighted by atomic mass is 10.2. The maximum Gasteiger partial charge on any atom is 0.226 e. The van der Waals surface area contributed by atoms with E-state index in [2.05, 4.69) is 20.6 Å². The van der Waals surface area contributed by atoms with E-state index in [1.54, 1.807) is 6.26 Å². The Balaban J connectivity index is 0.00000392. The van der Waals surface area contributed by atoms with E-state index >= 15 is 0 Å². The molecular weight excluding hydrogens is 495 g/mol. The summed E-state index contributed by atoms with van der Waals surface area (Å²) in [6.07, 6.45) is 2.79. The van der Waals surface area contributed by atoms with E-state index in [4.69, 9.17) is 9.15 Å². The van der Waals surface area contributed by atoms with Crippen LogP contribution < -0.4 is 10.6 Å². The van der Waals surface area contributed by atoms with Crippen LogP contribution in [0.5, 0.6) is 0 Å². The van der Waals surface area contributed by atoms with Crippen molar-refractivity contribution < 1.29 is 17.6 Å². The maximum atomic E-state index is 11.0. The number of rotatable bonds is 10. The van der Waals surface area contributed by atoms with Crippen molar-refractivity contribution in [3.8, 4) is 11.5 Å². The highest BCUT2D eigenvalue weighted by Crippen LogP contribution is 2.18. The molecule has 0 atom stereocenters. The zero-order valence-electron chi connectivity index (χ0n) is 16.1. The van der Waals surface area contributed by atoms with Crippen molar-refractivity contribution in [3.63, 3.8) is 0 Å². The number of nitrogens with one attached hydrogen (secondary N) is 2. The summed E-state index contributed by atoms with van der Waals surface area (Å²) >= 11 is 0. The summed E-state index contributed by atoms with van der Waals surface area (Å²) < 4.78 is 32.9. The van der Waals surface area contributed by atoms with Crippen LogP contribution in [0.3, 0.4) is 0 Å². The number of halogens is 1. The molecule has 8 nitrogen and oxygen atoms in total. The van der Waals surface area contributed by atoms with Crippen LogP contribution in [0.25, 0.3) is 11.5 Å². The lowest BCUT2D eigenvalue weighted by Gasteiger charge is -2.11. The fourth-order valence-corrected chi connectivity index (χ4v) is 2.57. The largest absolute Gasteiger partial charge is 0.444 e. The van der Waals surface area contributed by atoms with Crippen LogP contribution in [-0.4, -0.2) is 57.7 Å². The number of aliphatic imine (C=N–C) groups is 1. The van der Waals surface area contributed by atoms with E-state index in [9.17, 15) is 8.42 Å². The molecule has 0 spiro atoms. The fourth-order valence-electron chi connectivity index (χ4n) is 2.15. The maximum absolute atomic E-state index is 11.0. The van der Waals surface area contributed by atoms with Gasteiger partial charge in [-0.2, -0.15) is 0 Å². The van der Waals surface area contributed by atoms with Gasteiger partial charge in [-0.15, -0.1) is 24.0 Å². The van der Waals surface area contributed by atoms with E-state index in [-0.39, 0.29) is 36.3 Å². The van der Waals surface area contributed by atoms with Gasteiger partial charge in [0.15, 0.2) is 5.96 Å². The van der Waals surface area contributed by atoms with Gasteiger partial charge in [-0.05, 0) is 19.1 Å². The zero-order chi connectivity index (χ0) is 19.5. The van der Waals surface area contributed by atoms with Gasteiger partial charge in [0.2, 0.25) is 5.89 Å². The molecule has 0 fully saturated rings. The second-order valence-electron chi connectivity index (χ2n) is 5.87. The third kappa shape index (κ3) is 9.51. The van der Waals surface area contributed by atoms with Crippen LogP contribution in [0.2, 0.25) is 0 Å². The van der Waals surface area contributed by atoms with Crippen molar-refractivity contribution in [2.24, 2.45) is 4.99 Å². The molecule has 1 aromatic carbocycles. The van der Waals surface area contributed by atoms with E-state index in [0.717, 1.165) is 17.8 Å². The quantitative estimate of drug-likeness (QED) is 0.213. The summed E-state index contributed by atoms with van der Waals surface area (Å²) in [5.74, 6) is 1.23. The fraction of sp³-hybridized carbons (Fsp3) is 0.444. The van der Waals surface area contributed by atoms with Gasteiger partial charge >= 0.3 is 0 Å². The second-order valence-corrected chi connectivity index (χ2v) is 8.13. The Morgan fingerprint density at radius 2 is 1.96 bits per heavy atom. The molecule has 0 unspecified atom stereocenters. The average molecular weight is 522 g/mol. The minimum atomic E-state index is -2.99. The van der Waals surface area contributed by atoms with E-state index in [1.807, 2.05) is 37.3 Å². The number of benzene rings is 1. The average Bonchev–Trinajstić information content (AvgIpc) is 3.11. The number of hydrogen-bond donors (Lipinski definition) is 2. The molecule has 2 rings (SSSR count). The normalized spacial score (nSPS) is 11.7. The predicted molar refractivity (Wildman–Crippen MR) is 121 cm³/mol. The Labute approximate surface area is 183 Å². The highest BCUT2D eigenvalue weighted by Gasteiger charge is 2.06. The molecule has 0 aliphatic rings. The molecule has 156 valence electrons. The standard InChI is InChI=1S/C18H26N4O4S.HI/c1-3-19-18(20-9-10-25-11-12-27(2,23)24)21-13-16-14-26-17(22-16)15-7-5-4-6-8-15;/h4-8,14H,3,9-13H2,1-2H3,(H2,19,20,21);1H. The molecule has 1 aromatic heterocycles. The summed E-state index contributed by atoms with van der Waals surface area (Å²) in [5.41, 5.74) is 1.65. The first-order valence-electron chi connectivity index (χ1n) is 8.75. The van der Waals surface area contributed by atoms with Gasteiger partial charge in [0.25, 0.3) is 0 Å². The van der Waals surface area contributed by atoms with Gasteiger partial charge < -0.3 is 19.8 Å². The first-order valence-corrected chi connectivity index (χ1v) is 10.8. The van der Waals surface area contributed by atoms with Gasteiger partial charge in [-0.1, -0.05) is 18.2 Å². The summed E-state index contributed by atoms with van der Waals surface area (Å²) in [5, 5.41) is 6.27. The van der Waals surface area contributed by atoms with Crippen LogP contribution in [0, 0.1) is 0 Å². The van der Waals surface area contributed by atoms with Gasteiger partial charge in [0.1, 0.15) is 21.8 Å². The van der Waals surface area contributed by atoms with Gasteiger partial charge in [-0.25, -0.2) is 18.4 Å². The molecule has 0 saturated carbocycles. The molecule has 10 heteroatoms. The van der Waals surface area contributed by atoms with Crippen molar-refractivity contribution in [2.75, 3.05) is 38.3 Å². The smallest absolute Gasteiger partial charge is 0.226 e. The molecule has 0 aliphatic carbocycles. The third-order valence-electron chi connectivity index (χ3n) is 3.45. The van der Waals surface area contributed by atoms with Crippen molar-refractivity contribution in [1.82, 2.24) is 15.6 Å². The van der Waals surface area contributed by atoms with Crippen molar-refractivity contribution in [3.05, 3.63) is 42.3 Å². The summed E-state index contributed by atoms with van der Waals surface area (Å²) in [7, 11) is -2.99. The Morgan fingerprint density at radius 3 is 2.64 bits per heavy atom. The van der Waals surface area contributed by atoms with Crippen LogP contribution >= 0.6 is 24.0 Å². The number of nitrogens with zero attached hydrogens (tertiary/aromatic N) is 2. The zero-order valence-corrected chi connectivity index (χ0v) is 19.2. The SMILES string of the molecule is CCNC(=NCc1coc(-c2ccccc2)n1)NCCOCCS(C)(=O)=O.I. The molecule has 2 aromatic rings. The molecule has 1 heterocycles. The number of ether oxygens (including phenoxy) is 1. The van der Waals surface area contributed by atoms with Gasteiger partial charge in [0, 0.05) is 24.9 Å². The lowest BCUT2D eigenvalue weighted by Crippen LogP contribution is -2.39. The first kappa shape index (κ1) is 24.4. The lowest BCUT2D eigenvalue weighted by molar-refractivity contribution is 0.154. The van der Waals surface area contributed by atoms with Crippen LogP contribution in [0.15, 0.2) is 46.0 Å². The molecule has 0 aliphatic heterocycles. The van der Waals surface area contributed by atoms with Gasteiger partial charge in [-0.3, -0.25) is 0 Å². The number of aromatic nitrogens is 1. The number of hydrogen-bond acceptors (Lipinski definition) is 6. The predicted octanol–water partition coefficient (Wildman–Crippen LogP) is 2.08. The molecule has 0 saturated heterocycles. The molecular formula is C18H27IN4O4S. The van der Waals surface area contributed by atoms with E-state index in [1.165, 1.54) is 6.26 Å². The monoisotopic (exact) mass is 522 g/mol. The first-order chi connectivity index (χ1) is 13.0. The van der Waals surface area contributed by atoms with E-state index < -0.39 is 9.84 Å². The topological polar surface area (TPSA) is 106 Å². The summed E-state index contributed by atoms with van der Waals surface area (Å²) in [4.78, 5) is 8.91. The molecule has 0 amide bonds. The van der Waals surface area contributed by atoms with Crippen molar-refractivity contribution >= 4 is 39.8 Å². The second kappa shape index (κ2) is 12.7. The number of guanidine groups is 1. The van der Waals surface area contributed by atoms with E-state index in [0.29, 0.717) is 31.5 Å². The highest BCUT2D eigenvalue weighted by molar-refractivity contribution is 14.0. The van der Waals surface area contributed by atoms with Gasteiger partial charge in [0.05, 0.1) is 25.5 Å². The number of sulfone groups is 1. The molecule has 28 heavy (non-hydrogen) atoms. The summed E-state index contributed by atoms with van der Waals surface area (Å²) in [6, 6.07) is 9.69. The summed E-state index contributed by atoms with van der Waals surface area (Å²) in [6.45, 7) is 4.17. The van der Waals surface area contributed by atoms with Crippen LogP contribution in [0.1, 0.15) is 12.6 Å². The van der Waals surface area contributed by atoms with Crippen LogP contribution in [0.4, 0.5) is 0 Å². The minimum absolute atomic E-state index is 0.